The van der Waals surface area contributed by atoms with Gasteiger partial charge in [-0.05, 0) is 18.2 Å². The number of nitrogens with zero attached hydrogens (tertiary/aromatic N) is 5. The normalized spacial score (nSPS) is 10.7. The fraction of sp³-hybridized carbons (Fsp3) is 0.154. The SMILES string of the molecule is COC(=O)Nc1cnn(CC(=O)n2ncc3cc(N)ccc32)n1. The van der Waals surface area contributed by atoms with Gasteiger partial charge >= 0.3 is 6.09 Å². The van der Waals surface area contributed by atoms with E-state index in [2.05, 4.69) is 25.3 Å². The average Bonchev–Trinajstić information content (AvgIpc) is 3.13. The van der Waals surface area contributed by atoms with Gasteiger partial charge in [0.2, 0.25) is 0 Å². The van der Waals surface area contributed by atoms with Gasteiger partial charge in [0.05, 0.1) is 25.0 Å². The molecule has 2 aromatic heterocycles. The fourth-order valence-electron chi connectivity index (χ4n) is 2.02. The van der Waals surface area contributed by atoms with Crippen LogP contribution < -0.4 is 11.1 Å². The van der Waals surface area contributed by atoms with Crippen LogP contribution in [0.25, 0.3) is 10.9 Å². The van der Waals surface area contributed by atoms with Gasteiger partial charge in [-0.2, -0.15) is 19.7 Å². The summed E-state index contributed by atoms with van der Waals surface area (Å²) >= 11 is 0. The number of fused-ring (bicyclic) bond motifs is 1. The number of hydrogen-bond donors (Lipinski definition) is 2. The Balaban J connectivity index is 1.77. The summed E-state index contributed by atoms with van der Waals surface area (Å²) in [4.78, 5) is 24.5. The van der Waals surface area contributed by atoms with E-state index in [1.165, 1.54) is 18.0 Å². The number of anilines is 2. The highest BCUT2D eigenvalue weighted by Gasteiger charge is 2.13. The lowest BCUT2D eigenvalue weighted by atomic mass is 10.2. The van der Waals surface area contributed by atoms with Gasteiger partial charge < -0.3 is 10.5 Å². The van der Waals surface area contributed by atoms with Crippen molar-refractivity contribution < 1.29 is 14.3 Å². The lowest BCUT2D eigenvalue weighted by Gasteiger charge is -2.02. The molecule has 0 atom stereocenters. The van der Waals surface area contributed by atoms with E-state index in [0.717, 1.165) is 10.2 Å². The Morgan fingerprint density at radius 2 is 2.13 bits per heavy atom. The molecule has 0 aliphatic rings. The van der Waals surface area contributed by atoms with Crippen molar-refractivity contribution >= 4 is 34.4 Å². The molecule has 3 aromatic rings. The maximum atomic E-state index is 12.3. The summed E-state index contributed by atoms with van der Waals surface area (Å²) in [6.07, 6.45) is 2.20. The number of methoxy groups -OCH3 is 1. The van der Waals surface area contributed by atoms with E-state index in [1.807, 2.05) is 0 Å². The van der Waals surface area contributed by atoms with Crippen LogP contribution in [0.2, 0.25) is 0 Å². The summed E-state index contributed by atoms with van der Waals surface area (Å²) in [6.45, 7) is -0.135. The Bertz CT molecular complexity index is 883. The van der Waals surface area contributed by atoms with Gasteiger partial charge in [0.1, 0.15) is 6.54 Å². The third-order valence-corrected chi connectivity index (χ3v) is 3.06. The molecule has 3 rings (SSSR count). The average molecular weight is 315 g/mol. The Morgan fingerprint density at radius 1 is 1.30 bits per heavy atom. The highest BCUT2D eigenvalue weighted by molar-refractivity contribution is 5.91. The number of nitrogen functional groups attached to an aromatic ring is 1. The lowest BCUT2D eigenvalue weighted by molar-refractivity contribution is 0.0870. The molecule has 0 aliphatic heterocycles. The van der Waals surface area contributed by atoms with Crippen molar-refractivity contribution in [1.82, 2.24) is 24.8 Å². The monoisotopic (exact) mass is 315 g/mol. The third-order valence-electron chi connectivity index (χ3n) is 3.06. The van der Waals surface area contributed by atoms with Crippen molar-refractivity contribution in [3.05, 3.63) is 30.6 Å². The summed E-state index contributed by atoms with van der Waals surface area (Å²) in [5.41, 5.74) is 6.93. The predicted molar refractivity (Wildman–Crippen MR) is 80.8 cm³/mol. The van der Waals surface area contributed by atoms with Crippen LogP contribution >= 0.6 is 0 Å². The highest BCUT2D eigenvalue weighted by Crippen LogP contribution is 2.17. The van der Waals surface area contributed by atoms with E-state index in [4.69, 9.17) is 5.73 Å². The maximum absolute atomic E-state index is 12.3. The molecule has 0 radical (unpaired) electrons. The first kappa shape index (κ1) is 14.5. The van der Waals surface area contributed by atoms with Crippen LogP contribution in [-0.2, 0) is 11.3 Å². The molecule has 0 saturated carbocycles. The zero-order chi connectivity index (χ0) is 16.4. The Kier molecular flexibility index (Phi) is 3.63. The summed E-state index contributed by atoms with van der Waals surface area (Å²) < 4.78 is 5.70. The number of hydrogen-bond acceptors (Lipinski definition) is 7. The zero-order valence-corrected chi connectivity index (χ0v) is 12.1. The van der Waals surface area contributed by atoms with Crippen LogP contribution in [0.4, 0.5) is 16.3 Å². The minimum absolute atomic E-state index is 0.135. The zero-order valence-electron chi connectivity index (χ0n) is 12.1. The molecule has 0 fully saturated rings. The fourth-order valence-corrected chi connectivity index (χ4v) is 2.02. The van der Waals surface area contributed by atoms with E-state index in [0.29, 0.717) is 11.2 Å². The van der Waals surface area contributed by atoms with Crippen LogP contribution in [-0.4, -0.2) is 43.9 Å². The summed E-state index contributed by atoms with van der Waals surface area (Å²) in [6, 6.07) is 5.14. The van der Waals surface area contributed by atoms with E-state index >= 15 is 0 Å². The van der Waals surface area contributed by atoms with E-state index < -0.39 is 6.09 Å². The van der Waals surface area contributed by atoms with Crippen molar-refractivity contribution in [3.63, 3.8) is 0 Å². The van der Waals surface area contributed by atoms with Crippen LogP contribution in [0.5, 0.6) is 0 Å². The van der Waals surface area contributed by atoms with E-state index in [1.54, 1.807) is 24.4 Å². The van der Waals surface area contributed by atoms with Crippen molar-refractivity contribution in [2.75, 3.05) is 18.2 Å². The number of nitrogens with one attached hydrogen (secondary N) is 1. The van der Waals surface area contributed by atoms with Crippen LogP contribution in [0, 0.1) is 0 Å². The van der Waals surface area contributed by atoms with Crippen LogP contribution in [0.15, 0.2) is 30.6 Å². The van der Waals surface area contributed by atoms with Gasteiger partial charge in [-0.3, -0.25) is 10.1 Å². The third kappa shape index (κ3) is 2.95. The van der Waals surface area contributed by atoms with Gasteiger partial charge in [-0.1, -0.05) is 0 Å². The lowest BCUT2D eigenvalue weighted by Crippen LogP contribution is -2.20. The van der Waals surface area contributed by atoms with Gasteiger partial charge in [0, 0.05) is 11.1 Å². The molecular formula is C13H13N7O3. The number of amides is 1. The van der Waals surface area contributed by atoms with Crippen molar-refractivity contribution in [3.8, 4) is 0 Å². The molecule has 0 saturated heterocycles. The molecule has 10 heteroatoms. The maximum Gasteiger partial charge on any atom is 0.412 e. The molecule has 0 bridgehead atoms. The molecule has 0 spiro atoms. The standard InChI is InChI=1S/C13H13N7O3/c1-23-13(22)17-11-6-15-19(18-11)7-12(21)20-10-3-2-9(14)4-8(10)5-16-20/h2-6H,7,14H2,1H3,(H,17,18,22). The van der Waals surface area contributed by atoms with Crippen molar-refractivity contribution in [2.45, 2.75) is 6.54 Å². The molecule has 2 heterocycles. The number of rotatable bonds is 3. The second-order valence-corrected chi connectivity index (χ2v) is 4.65. The first-order chi connectivity index (χ1) is 11.1. The Labute approximate surface area is 129 Å². The topological polar surface area (TPSA) is 130 Å². The van der Waals surface area contributed by atoms with E-state index in [9.17, 15) is 9.59 Å². The number of carbonyl (C=O) groups is 2. The van der Waals surface area contributed by atoms with Gasteiger partial charge in [0.25, 0.3) is 5.91 Å². The van der Waals surface area contributed by atoms with Gasteiger partial charge in [0.15, 0.2) is 5.82 Å². The largest absolute Gasteiger partial charge is 0.453 e. The molecular weight excluding hydrogens is 302 g/mol. The first-order valence-electron chi connectivity index (χ1n) is 6.58. The van der Waals surface area contributed by atoms with Gasteiger partial charge in [-0.25, -0.2) is 4.79 Å². The van der Waals surface area contributed by atoms with E-state index in [-0.39, 0.29) is 18.3 Å². The molecule has 118 valence electrons. The molecule has 0 unspecified atom stereocenters. The van der Waals surface area contributed by atoms with Crippen LogP contribution in [0.3, 0.4) is 0 Å². The quantitative estimate of drug-likeness (QED) is 0.681. The number of carbonyl (C=O) groups excluding carboxylic acids is 2. The molecule has 23 heavy (non-hydrogen) atoms. The molecule has 1 amide bonds. The minimum atomic E-state index is -0.668. The number of aromatic nitrogens is 5. The summed E-state index contributed by atoms with van der Waals surface area (Å²) in [5.74, 6) is -0.146. The molecule has 1 aromatic carbocycles. The Hall–Kier alpha value is -3.43. The highest BCUT2D eigenvalue weighted by atomic mass is 16.5. The Morgan fingerprint density at radius 3 is 2.91 bits per heavy atom. The smallest absolute Gasteiger partial charge is 0.412 e. The molecule has 3 N–H and O–H groups in total. The number of benzene rings is 1. The minimum Gasteiger partial charge on any atom is -0.453 e. The summed E-state index contributed by atoms with van der Waals surface area (Å²) in [7, 11) is 1.23. The van der Waals surface area contributed by atoms with Crippen LogP contribution in [0.1, 0.15) is 4.79 Å². The predicted octanol–water partition coefficient (Wildman–Crippen LogP) is 0.729. The van der Waals surface area contributed by atoms with Gasteiger partial charge in [-0.15, -0.1) is 5.10 Å². The van der Waals surface area contributed by atoms with Crippen molar-refractivity contribution in [1.29, 1.82) is 0 Å². The molecule has 10 nitrogen and oxygen atoms in total. The number of ether oxygens (including phenoxy) is 1. The molecule has 0 aliphatic carbocycles. The number of nitrogens with two attached hydrogens (primary N) is 1. The second-order valence-electron chi connectivity index (χ2n) is 4.65. The summed E-state index contributed by atoms with van der Waals surface area (Å²) in [5, 5.41) is 15.0. The first-order valence-corrected chi connectivity index (χ1v) is 6.58. The van der Waals surface area contributed by atoms with Crippen molar-refractivity contribution in [2.24, 2.45) is 0 Å². The second kappa shape index (κ2) is 5.75.